The van der Waals surface area contributed by atoms with E-state index >= 15 is 0 Å². The maximum Gasteiger partial charge on any atom is 0.160 e. The molecule has 0 N–H and O–H groups in total. The molecule has 0 unspecified atom stereocenters. The molecule has 1 aromatic heterocycles. The van der Waals surface area contributed by atoms with E-state index in [-0.39, 0.29) is 5.41 Å². The first-order valence-corrected chi connectivity index (χ1v) is 15.2. The van der Waals surface area contributed by atoms with Gasteiger partial charge in [-0.15, -0.1) is 0 Å². The predicted molar refractivity (Wildman–Crippen MR) is 184 cm³/mol. The molecule has 0 spiro atoms. The van der Waals surface area contributed by atoms with Crippen LogP contribution in [0.3, 0.4) is 0 Å². The normalized spacial score (nSPS) is 12.8. The summed E-state index contributed by atoms with van der Waals surface area (Å²) in [6.45, 7) is 4.67. The van der Waals surface area contributed by atoms with Crippen molar-refractivity contribution < 1.29 is 0 Å². The summed E-state index contributed by atoms with van der Waals surface area (Å²) in [5.41, 5.74) is 12.7. The van der Waals surface area contributed by atoms with E-state index in [0.717, 1.165) is 33.6 Å². The smallest absolute Gasteiger partial charge is 0.160 e. The Labute approximate surface area is 263 Å². The van der Waals surface area contributed by atoms with Gasteiger partial charge in [-0.25, -0.2) is 9.97 Å². The minimum Gasteiger partial charge on any atom is -0.228 e. The van der Waals surface area contributed by atoms with Crippen molar-refractivity contribution in [1.82, 2.24) is 9.97 Å². The van der Waals surface area contributed by atoms with Crippen LogP contribution in [0.25, 0.3) is 66.9 Å². The van der Waals surface area contributed by atoms with Crippen LogP contribution in [0.15, 0.2) is 140 Å². The summed E-state index contributed by atoms with van der Waals surface area (Å²) < 4.78 is 0. The third-order valence-electron chi connectivity index (χ3n) is 9.13. The van der Waals surface area contributed by atoms with E-state index in [0.29, 0.717) is 11.4 Å². The Morgan fingerprint density at radius 2 is 1.16 bits per heavy atom. The van der Waals surface area contributed by atoms with E-state index in [9.17, 15) is 5.26 Å². The van der Waals surface area contributed by atoms with Crippen molar-refractivity contribution in [3.05, 3.63) is 156 Å². The molecular weight excluding hydrogens is 546 g/mol. The lowest BCUT2D eigenvalue weighted by Crippen LogP contribution is -2.14. The average Bonchev–Trinajstić information content (AvgIpc) is 3.33. The lowest BCUT2D eigenvalue weighted by atomic mass is 9.81. The maximum absolute atomic E-state index is 9.36. The molecule has 8 rings (SSSR count). The molecule has 0 saturated carbocycles. The molecule has 6 aromatic carbocycles. The van der Waals surface area contributed by atoms with E-state index < -0.39 is 0 Å². The van der Waals surface area contributed by atoms with Crippen LogP contribution in [-0.4, -0.2) is 9.97 Å². The van der Waals surface area contributed by atoms with Gasteiger partial charge < -0.3 is 0 Å². The first-order valence-electron chi connectivity index (χ1n) is 15.2. The number of hydrogen-bond acceptors (Lipinski definition) is 3. The molecule has 3 heteroatoms. The Hall–Kier alpha value is -5.85. The number of nitriles is 1. The monoisotopic (exact) mass is 575 g/mol. The molecule has 0 bridgehead atoms. The topological polar surface area (TPSA) is 49.6 Å². The van der Waals surface area contributed by atoms with Crippen molar-refractivity contribution >= 4 is 10.8 Å². The highest BCUT2D eigenvalue weighted by Crippen LogP contribution is 2.53. The van der Waals surface area contributed by atoms with Crippen LogP contribution in [0, 0.1) is 11.3 Å². The fraction of sp³-hybridized carbons (Fsp3) is 0.0714. The van der Waals surface area contributed by atoms with Crippen molar-refractivity contribution in [2.24, 2.45) is 0 Å². The van der Waals surface area contributed by atoms with Crippen molar-refractivity contribution in [2.75, 3.05) is 0 Å². The standard InChI is InChI=1S/C42H29N3/c1-42(2)36-18-10-17-34(40(36)35-23-30-13-6-7-14-31(30)24-37(35)42)32-15-8-9-16-33(32)39-25-38(28-21-19-27(26-43)20-22-28)44-41(45-39)29-11-4-3-5-12-29/h3-25H,1-2H3. The lowest BCUT2D eigenvalue weighted by Gasteiger charge is -2.22. The van der Waals surface area contributed by atoms with E-state index in [2.05, 4.69) is 105 Å². The minimum atomic E-state index is -0.127. The van der Waals surface area contributed by atoms with E-state index in [1.54, 1.807) is 0 Å². The summed E-state index contributed by atoms with van der Waals surface area (Å²) in [6, 6.07) is 50.7. The molecule has 0 amide bonds. The van der Waals surface area contributed by atoms with Gasteiger partial charge in [0.1, 0.15) is 0 Å². The molecule has 3 nitrogen and oxygen atoms in total. The Morgan fingerprint density at radius 3 is 1.91 bits per heavy atom. The summed E-state index contributed by atoms with van der Waals surface area (Å²) in [5.74, 6) is 0.665. The number of aromatic nitrogens is 2. The second-order valence-corrected chi connectivity index (χ2v) is 12.2. The van der Waals surface area contributed by atoms with Crippen LogP contribution >= 0.6 is 0 Å². The first kappa shape index (κ1) is 26.8. The third-order valence-corrected chi connectivity index (χ3v) is 9.13. The molecule has 0 fully saturated rings. The number of hydrogen-bond donors (Lipinski definition) is 0. The van der Waals surface area contributed by atoms with Crippen LogP contribution in [-0.2, 0) is 5.41 Å². The van der Waals surface area contributed by atoms with Crippen molar-refractivity contribution in [3.63, 3.8) is 0 Å². The maximum atomic E-state index is 9.36. The highest BCUT2D eigenvalue weighted by atomic mass is 14.9. The highest BCUT2D eigenvalue weighted by Gasteiger charge is 2.37. The molecule has 0 saturated heterocycles. The van der Waals surface area contributed by atoms with Gasteiger partial charge in [-0.1, -0.05) is 123 Å². The van der Waals surface area contributed by atoms with Gasteiger partial charge in [-0.3, -0.25) is 0 Å². The van der Waals surface area contributed by atoms with Gasteiger partial charge >= 0.3 is 0 Å². The fourth-order valence-corrected chi connectivity index (χ4v) is 6.80. The quantitative estimate of drug-likeness (QED) is 0.210. The number of benzene rings is 6. The number of rotatable bonds is 4. The number of fused-ring (bicyclic) bond motifs is 4. The van der Waals surface area contributed by atoms with Crippen LogP contribution < -0.4 is 0 Å². The SMILES string of the molecule is CC1(C)c2cc3ccccc3cc2-c2c(-c3ccccc3-c3cc(-c4ccc(C#N)cc4)nc(-c4ccccc4)n3)cccc21. The molecular formula is C42H29N3. The minimum absolute atomic E-state index is 0.127. The molecule has 0 radical (unpaired) electrons. The van der Waals surface area contributed by atoms with Crippen LogP contribution in [0.5, 0.6) is 0 Å². The molecule has 0 atom stereocenters. The molecule has 0 aliphatic heterocycles. The Balaban J connectivity index is 1.36. The zero-order valence-corrected chi connectivity index (χ0v) is 25.1. The fourth-order valence-electron chi connectivity index (χ4n) is 6.80. The third kappa shape index (κ3) is 4.42. The average molecular weight is 576 g/mol. The zero-order chi connectivity index (χ0) is 30.5. The van der Waals surface area contributed by atoms with E-state index in [4.69, 9.17) is 9.97 Å². The largest absolute Gasteiger partial charge is 0.228 e. The Kier molecular flexibility index (Phi) is 6.18. The van der Waals surface area contributed by atoms with Gasteiger partial charge in [-0.05, 0) is 74.5 Å². The molecule has 1 aliphatic carbocycles. The first-order chi connectivity index (χ1) is 22.0. The summed E-state index contributed by atoms with van der Waals surface area (Å²) in [5, 5.41) is 11.9. The highest BCUT2D eigenvalue weighted by molar-refractivity contribution is 6.00. The zero-order valence-electron chi connectivity index (χ0n) is 25.1. The van der Waals surface area contributed by atoms with E-state index in [1.165, 1.54) is 38.6 Å². The summed E-state index contributed by atoms with van der Waals surface area (Å²) in [7, 11) is 0. The molecule has 212 valence electrons. The Bertz CT molecular complexity index is 2290. The lowest BCUT2D eigenvalue weighted by molar-refractivity contribution is 0.661. The van der Waals surface area contributed by atoms with Gasteiger partial charge in [0.05, 0.1) is 23.0 Å². The molecule has 1 aliphatic rings. The molecule has 7 aromatic rings. The van der Waals surface area contributed by atoms with Gasteiger partial charge in [0.15, 0.2) is 5.82 Å². The second kappa shape index (κ2) is 10.4. The predicted octanol–water partition coefficient (Wildman–Crippen LogP) is 10.5. The van der Waals surface area contributed by atoms with Crippen LogP contribution in [0.2, 0.25) is 0 Å². The van der Waals surface area contributed by atoms with Gasteiger partial charge in [0, 0.05) is 22.1 Å². The number of nitrogens with zero attached hydrogens (tertiary/aromatic N) is 3. The van der Waals surface area contributed by atoms with Crippen molar-refractivity contribution in [1.29, 1.82) is 5.26 Å². The van der Waals surface area contributed by atoms with E-state index in [1.807, 2.05) is 54.6 Å². The van der Waals surface area contributed by atoms with Crippen LogP contribution in [0.4, 0.5) is 0 Å². The Morgan fingerprint density at radius 1 is 0.511 bits per heavy atom. The summed E-state index contributed by atoms with van der Waals surface area (Å²) in [6.07, 6.45) is 0. The summed E-state index contributed by atoms with van der Waals surface area (Å²) in [4.78, 5) is 10.2. The molecule has 45 heavy (non-hydrogen) atoms. The summed E-state index contributed by atoms with van der Waals surface area (Å²) >= 11 is 0. The van der Waals surface area contributed by atoms with Gasteiger partial charge in [-0.2, -0.15) is 5.26 Å². The van der Waals surface area contributed by atoms with Crippen molar-refractivity contribution in [3.8, 4) is 62.2 Å². The van der Waals surface area contributed by atoms with Crippen LogP contribution in [0.1, 0.15) is 30.5 Å². The van der Waals surface area contributed by atoms with Gasteiger partial charge in [0.25, 0.3) is 0 Å². The molecule has 1 heterocycles. The van der Waals surface area contributed by atoms with Gasteiger partial charge in [0.2, 0.25) is 0 Å². The second-order valence-electron chi connectivity index (χ2n) is 12.2. The van der Waals surface area contributed by atoms with Crippen molar-refractivity contribution in [2.45, 2.75) is 19.3 Å².